The summed E-state index contributed by atoms with van der Waals surface area (Å²) < 4.78 is 1.81. The third kappa shape index (κ3) is 2.75. The first-order chi connectivity index (χ1) is 10.1. The van der Waals surface area contributed by atoms with Crippen LogP contribution in [0.2, 0.25) is 5.02 Å². The maximum absolute atomic E-state index is 12.6. The summed E-state index contributed by atoms with van der Waals surface area (Å²) in [7, 11) is 0. The van der Waals surface area contributed by atoms with E-state index in [0.29, 0.717) is 27.3 Å². The molecule has 0 radical (unpaired) electrons. The Labute approximate surface area is 134 Å². The Kier molecular flexibility index (Phi) is 3.85. The molecule has 1 heterocycles. The van der Waals surface area contributed by atoms with E-state index in [9.17, 15) is 4.79 Å². The molecule has 0 saturated carbocycles. The van der Waals surface area contributed by atoms with Crippen LogP contribution >= 0.6 is 34.5 Å². The molecule has 0 amide bonds. The van der Waals surface area contributed by atoms with Crippen LogP contribution in [0.3, 0.4) is 0 Å². The van der Waals surface area contributed by atoms with E-state index in [-0.39, 0.29) is 11.3 Å². The molecule has 106 valence electrons. The molecular weight excluding hydrogens is 327 g/mol. The van der Waals surface area contributed by atoms with E-state index in [1.54, 1.807) is 29.5 Å². The molecule has 0 saturated heterocycles. The highest BCUT2D eigenvalue weighted by molar-refractivity contribution is 7.24. The average Bonchev–Trinajstić information content (AvgIpc) is 2.49. The molecule has 3 rings (SSSR count). The first-order valence-corrected chi connectivity index (χ1v) is 7.86. The smallest absolute Gasteiger partial charge is 0.195 e. The largest absolute Gasteiger partial charge is 0.386 e. The number of nitrogens with zero attached hydrogens (tertiary/aromatic N) is 1. The second kappa shape index (κ2) is 5.64. The second-order valence-corrected chi connectivity index (χ2v) is 6.28. The lowest BCUT2D eigenvalue weighted by Crippen LogP contribution is -2.12. The number of hydrogen-bond donors (Lipinski definition) is 1. The zero-order valence-corrected chi connectivity index (χ0v) is 13.1. The highest BCUT2D eigenvalue weighted by atomic mass is 35.5. The van der Waals surface area contributed by atoms with Crippen molar-refractivity contribution in [2.75, 3.05) is 5.88 Å². The molecule has 3 nitrogen and oxygen atoms in total. The van der Waals surface area contributed by atoms with Gasteiger partial charge in [-0.2, -0.15) is 0 Å². The number of benzene rings is 2. The number of rotatable bonds is 2. The summed E-state index contributed by atoms with van der Waals surface area (Å²) in [5.74, 6) is 0.467. The minimum atomic E-state index is -0.0530. The van der Waals surface area contributed by atoms with Crippen molar-refractivity contribution < 1.29 is 0 Å². The van der Waals surface area contributed by atoms with Crippen LogP contribution in [-0.2, 0) is 0 Å². The van der Waals surface area contributed by atoms with E-state index in [2.05, 4.69) is 4.99 Å². The first-order valence-electron chi connectivity index (χ1n) is 6.13. The molecule has 1 aromatic heterocycles. The molecule has 3 aromatic rings. The highest BCUT2D eigenvalue weighted by Gasteiger charge is 2.07. The fourth-order valence-corrected chi connectivity index (χ4v) is 3.35. The van der Waals surface area contributed by atoms with Gasteiger partial charge < -0.3 is 5.73 Å². The van der Waals surface area contributed by atoms with Gasteiger partial charge in [-0.15, -0.1) is 22.9 Å². The van der Waals surface area contributed by atoms with E-state index in [1.807, 2.05) is 18.2 Å². The summed E-state index contributed by atoms with van der Waals surface area (Å²) >= 11 is 13.1. The summed E-state index contributed by atoms with van der Waals surface area (Å²) in [6.07, 6.45) is 0. The van der Waals surface area contributed by atoms with E-state index < -0.39 is 0 Å². The third-order valence-corrected chi connectivity index (χ3v) is 4.68. The number of amidine groups is 1. The molecule has 0 aliphatic rings. The molecule has 0 fully saturated rings. The lowest BCUT2D eigenvalue weighted by atomic mass is 10.1. The third-order valence-electron chi connectivity index (χ3n) is 3.02. The Balaban J connectivity index is 2.32. The summed E-state index contributed by atoms with van der Waals surface area (Å²) in [6, 6.07) is 10.8. The molecule has 2 N–H and O–H groups in total. The summed E-state index contributed by atoms with van der Waals surface area (Å²) in [5, 5.41) is 1.77. The normalized spacial score (nSPS) is 12.2. The van der Waals surface area contributed by atoms with Gasteiger partial charge in [0.15, 0.2) is 5.43 Å². The van der Waals surface area contributed by atoms with Crippen molar-refractivity contribution in [2.45, 2.75) is 0 Å². The summed E-state index contributed by atoms with van der Waals surface area (Å²) in [5.41, 5.74) is 6.19. The Morgan fingerprint density at radius 2 is 1.81 bits per heavy atom. The van der Waals surface area contributed by atoms with Gasteiger partial charge in [0.25, 0.3) is 0 Å². The van der Waals surface area contributed by atoms with Crippen LogP contribution in [0.25, 0.3) is 20.2 Å². The van der Waals surface area contributed by atoms with E-state index in [1.165, 1.54) is 0 Å². The van der Waals surface area contributed by atoms with Crippen LogP contribution in [0.1, 0.15) is 0 Å². The quantitative estimate of drug-likeness (QED) is 0.328. The molecule has 0 bridgehead atoms. The van der Waals surface area contributed by atoms with Gasteiger partial charge in [0.1, 0.15) is 5.84 Å². The van der Waals surface area contributed by atoms with Crippen LogP contribution < -0.4 is 11.2 Å². The summed E-state index contributed by atoms with van der Waals surface area (Å²) in [6.45, 7) is 0. The van der Waals surface area contributed by atoms with Crippen LogP contribution in [0.5, 0.6) is 0 Å². The van der Waals surface area contributed by atoms with Gasteiger partial charge in [-0.1, -0.05) is 11.6 Å². The average molecular weight is 337 g/mol. The van der Waals surface area contributed by atoms with Gasteiger partial charge >= 0.3 is 0 Å². The van der Waals surface area contributed by atoms with Crippen molar-refractivity contribution in [2.24, 2.45) is 10.7 Å². The van der Waals surface area contributed by atoms with Crippen molar-refractivity contribution in [3.63, 3.8) is 0 Å². The molecule has 0 spiro atoms. The standard InChI is InChI=1S/C15H10Cl2N2OS/c16-7-14(18)19-9-2-4-13-11(6-9)15(20)10-5-8(17)1-3-12(10)21-13/h1-6H,7H2,(H2,18,19). The number of halogens is 2. The van der Waals surface area contributed by atoms with Crippen LogP contribution in [0.15, 0.2) is 46.2 Å². The maximum Gasteiger partial charge on any atom is 0.195 e. The van der Waals surface area contributed by atoms with Crippen molar-refractivity contribution in [1.29, 1.82) is 0 Å². The number of aliphatic imine (C=N–C) groups is 1. The molecule has 0 atom stereocenters. The Morgan fingerprint density at radius 1 is 1.14 bits per heavy atom. The van der Waals surface area contributed by atoms with Crippen molar-refractivity contribution in [1.82, 2.24) is 0 Å². The fourth-order valence-electron chi connectivity index (χ4n) is 2.08. The maximum atomic E-state index is 12.6. The first kappa shape index (κ1) is 14.3. The van der Waals surface area contributed by atoms with Crippen LogP contribution in [0.4, 0.5) is 5.69 Å². The molecule has 6 heteroatoms. The molecular formula is C15H10Cl2N2OS. The molecule has 2 aromatic carbocycles. The fraction of sp³-hybridized carbons (Fsp3) is 0.0667. The number of alkyl halides is 1. The lowest BCUT2D eigenvalue weighted by Gasteiger charge is -2.03. The molecule has 0 aliphatic carbocycles. The zero-order valence-electron chi connectivity index (χ0n) is 10.8. The number of hydrogen-bond acceptors (Lipinski definition) is 3. The molecule has 0 unspecified atom stereocenters. The summed E-state index contributed by atoms with van der Waals surface area (Å²) in [4.78, 5) is 16.8. The van der Waals surface area contributed by atoms with Gasteiger partial charge in [-0.25, -0.2) is 4.99 Å². The molecule has 21 heavy (non-hydrogen) atoms. The lowest BCUT2D eigenvalue weighted by molar-refractivity contribution is 1.47. The van der Waals surface area contributed by atoms with E-state index in [0.717, 1.165) is 9.40 Å². The van der Waals surface area contributed by atoms with E-state index >= 15 is 0 Å². The Hall–Kier alpha value is -1.62. The highest BCUT2D eigenvalue weighted by Crippen LogP contribution is 2.28. The van der Waals surface area contributed by atoms with Gasteiger partial charge in [0.05, 0.1) is 11.6 Å². The van der Waals surface area contributed by atoms with Gasteiger partial charge in [0.2, 0.25) is 0 Å². The zero-order chi connectivity index (χ0) is 15.0. The van der Waals surface area contributed by atoms with Crippen molar-refractivity contribution in [3.05, 3.63) is 51.6 Å². The topological polar surface area (TPSA) is 55.4 Å². The van der Waals surface area contributed by atoms with Crippen LogP contribution in [-0.4, -0.2) is 11.7 Å². The predicted molar refractivity (Wildman–Crippen MR) is 92.6 cm³/mol. The number of fused-ring (bicyclic) bond motifs is 2. The van der Waals surface area contributed by atoms with Crippen LogP contribution in [0, 0.1) is 0 Å². The minimum absolute atomic E-state index is 0.0530. The van der Waals surface area contributed by atoms with Gasteiger partial charge in [-0.3, -0.25) is 4.79 Å². The van der Waals surface area contributed by atoms with Crippen molar-refractivity contribution >= 4 is 66.2 Å². The number of nitrogens with two attached hydrogens (primary N) is 1. The second-order valence-electron chi connectivity index (χ2n) is 4.49. The predicted octanol–water partition coefficient (Wildman–Crippen LogP) is 4.30. The minimum Gasteiger partial charge on any atom is -0.386 e. The van der Waals surface area contributed by atoms with Crippen molar-refractivity contribution in [3.8, 4) is 0 Å². The molecule has 0 aliphatic heterocycles. The Morgan fingerprint density at radius 3 is 2.52 bits per heavy atom. The van der Waals surface area contributed by atoms with Gasteiger partial charge in [0, 0.05) is 25.2 Å². The Bertz CT molecular complexity index is 934. The SMILES string of the molecule is NC(CCl)=Nc1ccc2sc3ccc(Cl)cc3c(=O)c2c1. The monoisotopic (exact) mass is 336 g/mol. The van der Waals surface area contributed by atoms with Gasteiger partial charge in [-0.05, 0) is 36.4 Å². The van der Waals surface area contributed by atoms with E-state index in [4.69, 9.17) is 28.9 Å².